The second-order valence-electron chi connectivity index (χ2n) is 3.88. The fourth-order valence-corrected chi connectivity index (χ4v) is 2.68. The quantitative estimate of drug-likeness (QED) is 0.801. The van der Waals surface area contributed by atoms with Crippen molar-refractivity contribution >= 4 is 10.0 Å². The first-order valence-electron chi connectivity index (χ1n) is 5.42. The molecule has 1 aromatic carbocycles. The third-order valence-corrected chi connectivity index (χ3v) is 4.40. The predicted octanol–water partition coefficient (Wildman–Crippen LogP) is 1.73. The Labute approximate surface area is 103 Å². The fourth-order valence-electron chi connectivity index (χ4n) is 1.51. The minimum atomic E-state index is -3.18. The summed E-state index contributed by atoms with van der Waals surface area (Å²) in [6, 6.07) is 9.02. The highest BCUT2D eigenvalue weighted by Gasteiger charge is 2.16. The molecule has 0 aliphatic carbocycles. The number of nitrogens with zero attached hydrogens (tertiary/aromatic N) is 2. The Morgan fingerprint density at radius 2 is 2.12 bits per heavy atom. The van der Waals surface area contributed by atoms with E-state index in [4.69, 9.17) is 5.26 Å². The van der Waals surface area contributed by atoms with Gasteiger partial charge in [0, 0.05) is 13.6 Å². The maximum Gasteiger partial charge on any atom is 0.214 e. The van der Waals surface area contributed by atoms with Crippen LogP contribution in [0.2, 0.25) is 0 Å². The van der Waals surface area contributed by atoms with Crippen LogP contribution in [0, 0.1) is 11.3 Å². The molecule has 0 fully saturated rings. The fraction of sp³-hybridized carbons (Fsp3) is 0.417. The molecule has 0 N–H and O–H groups in total. The average molecular weight is 252 g/mol. The summed E-state index contributed by atoms with van der Waals surface area (Å²) in [4.78, 5) is 0. The Morgan fingerprint density at radius 1 is 1.41 bits per heavy atom. The van der Waals surface area contributed by atoms with E-state index in [1.54, 1.807) is 25.2 Å². The number of sulfonamides is 1. The first-order chi connectivity index (χ1) is 7.99. The Balaban J connectivity index is 2.81. The van der Waals surface area contributed by atoms with Gasteiger partial charge >= 0.3 is 0 Å². The molecule has 0 bridgehead atoms. The molecule has 4 nitrogen and oxygen atoms in total. The van der Waals surface area contributed by atoms with Crippen molar-refractivity contribution in [2.24, 2.45) is 0 Å². The number of hydrogen-bond donors (Lipinski definition) is 0. The Bertz CT molecular complexity index is 518. The van der Waals surface area contributed by atoms with Crippen LogP contribution in [0.1, 0.15) is 24.5 Å². The molecule has 5 heteroatoms. The normalized spacial score (nSPS) is 11.4. The first-order valence-corrected chi connectivity index (χ1v) is 7.03. The van der Waals surface area contributed by atoms with Gasteiger partial charge < -0.3 is 0 Å². The molecular weight excluding hydrogens is 236 g/mol. The largest absolute Gasteiger partial charge is 0.214 e. The van der Waals surface area contributed by atoms with Crippen LogP contribution in [0.15, 0.2) is 24.3 Å². The molecule has 92 valence electrons. The summed E-state index contributed by atoms with van der Waals surface area (Å²) in [5.74, 6) is 0.154. The Morgan fingerprint density at radius 3 is 2.71 bits per heavy atom. The maximum atomic E-state index is 11.8. The molecule has 0 aliphatic rings. The Kier molecular flexibility index (Phi) is 4.67. The van der Waals surface area contributed by atoms with Crippen LogP contribution >= 0.6 is 0 Å². The van der Waals surface area contributed by atoms with Crippen molar-refractivity contribution < 1.29 is 8.42 Å². The van der Waals surface area contributed by atoms with Crippen molar-refractivity contribution in [2.45, 2.75) is 19.9 Å². The van der Waals surface area contributed by atoms with E-state index in [0.29, 0.717) is 18.5 Å². The minimum Gasteiger partial charge on any atom is -0.212 e. The van der Waals surface area contributed by atoms with Crippen molar-refractivity contribution in [3.8, 4) is 6.07 Å². The Hall–Kier alpha value is -1.38. The molecule has 0 spiro atoms. The lowest BCUT2D eigenvalue weighted by molar-refractivity contribution is 0.466. The lowest BCUT2D eigenvalue weighted by atomic mass is 10.1. The van der Waals surface area contributed by atoms with Crippen LogP contribution in [-0.4, -0.2) is 25.5 Å². The van der Waals surface area contributed by atoms with E-state index in [0.717, 1.165) is 5.56 Å². The van der Waals surface area contributed by atoms with Crippen molar-refractivity contribution in [2.75, 3.05) is 12.8 Å². The van der Waals surface area contributed by atoms with Crippen molar-refractivity contribution in [3.63, 3.8) is 0 Å². The molecule has 0 unspecified atom stereocenters. The van der Waals surface area contributed by atoms with E-state index in [2.05, 4.69) is 0 Å². The van der Waals surface area contributed by atoms with Gasteiger partial charge in [0.15, 0.2) is 0 Å². The van der Waals surface area contributed by atoms with Crippen LogP contribution < -0.4 is 0 Å². The van der Waals surface area contributed by atoms with Gasteiger partial charge in [-0.2, -0.15) is 5.26 Å². The molecule has 0 saturated carbocycles. The SMILES string of the molecule is CCCS(=O)(=O)N(C)Cc1cccc(C#N)c1. The minimum absolute atomic E-state index is 0.154. The second-order valence-corrected chi connectivity index (χ2v) is 6.08. The smallest absolute Gasteiger partial charge is 0.212 e. The van der Waals surface area contributed by atoms with Crippen LogP contribution in [0.5, 0.6) is 0 Å². The van der Waals surface area contributed by atoms with Crippen LogP contribution in [-0.2, 0) is 16.6 Å². The van der Waals surface area contributed by atoms with Gasteiger partial charge in [-0.25, -0.2) is 12.7 Å². The van der Waals surface area contributed by atoms with Crippen molar-refractivity contribution in [3.05, 3.63) is 35.4 Å². The molecule has 0 amide bonds. The summed E-state index contributed by atoms with van der Waals surface area (Å²) >= 11 is 0. The molecule has 1 rings (SSSR count). The summed E-state index contributed by atoms with van der Waals surface area (Å²) in [6.07, 6.45) is 0.602. The van der Waals surface area contributed by atoms with Gasteiger partial charge in [0.1, 0.15) is 0 Å². The third kappa shape index (κ3) is 3.84. The van der Waals surface area contributed by atoms with Crippen molar-refractivity contribution in [1.29, 1.82) is 5.26 Å². The molecule has 0 heterocycles. The molecule has 0 radical (unpaired) electrons. The van der Waals surface area contributed by atoms with Gasteiger partial charge in [0.05, 0.1) is 17.4 Å². The van der Waals surface area contributed by atoms with Gasteiger partial charge in [0.25, 0.3) is 0 Å². The summed E-state index contributed by atoms with van der Waals surface area (Å²) in [5, 5.41) is 8.76. The molecular formula is C12H16N2O2S. The van der Waals surface area contributed by atoms with Crippen LogP contribution in [0.4, 0.5) is 0 Å². The highest BCUT2D eigenvalue weighted by molar-refractivity contribution is 7.89. The molecule has 1 aromatic rings. The summed E-state index contributed by atoms with van der Waals surface area (Å²) < 4.78 is 24.8. The van der Waals surface area contributed by atoms with Crippen molar-refractivity contribution in [1.82, 2.24) is 4.31 Å². The standard InChI is InChI=1S/C12H16N2O2S/c1-3-7-17(15,16)14(2)10-12-6-4-5-11(8-12)9-13/h4-6,8H,3,7,10H2,1-2H3. The average Bonchev–Trinajstić information content (AvgIpc) is 2.29. The third-order valence-electron chi connectivity index (χ3n) is 2.40. The molecule has 17 heavy (non-hydrogen) atoms. The number of hydrogen-bond acceptors (Lipinski definition) is 3. The van der Waals surface area contributed by atoms with E-state index in [1.165, 1.54) is 4.31 Å². The van der Waals surface area contributed by atoms with E-state index in [-0.39, 0.29) is 5.75 Å². The first kappa shape index (κ1) is 13.7. The van der Waals surface area contributed by atoms with E-state index < -0.39 is 10.0 Å². The lowest BCUT2D eigenvalue weighted by Gasteiger charge is -2.16. The number of nitriles is 1. The van der Waals surface area contributed by atoms with Crippen LogP contribution in [0.25, 0.3) is 0 Å². The highest BCUT2D eigenvalue weighted by Crippen LogP contribution is 2.10. The van der Waals surface area contributed by atoms with E-state index >= 15 is 0 Å². The van der Waals surface area contributed by atoms with Gasteiger partial charge in [-0.15, -0.1) is 0 Å². The van der Waals surface area contributed by atoms with E-state index in [1.807, 2.05) is 19.1 Å². The monoisotopic (exact) mass is 252 g/mol. The summed E-state index contributed by atoms with van der Waals surface area (Å²) in [7, 11) is -1.62. The van der Waals surface area contributed by atoms with E-state index in [9.17, 15) is 8.42 Å². The number of rotatable bonds is 5. The zero-order valence-corrected chi connectivity index (χ0v) is 10.9. The lowest BCUT2D eigenvalue weighted by Crippen LogP contribution is -2.28. The molecule has 0 aromatic heterocycles. The topological polar surface area (TPSA) is 61.2 Å². The molecule has 0 atom stereocenters. The zero-order valence-electron chi connectivity index (χ0n) is 10.0. The number of benzene rings is 1. The maximum absolute atomic E-state index is 11.8. The second kappa shape index (κ2) is 5.80. The van der Waals surface area contributed by atoms with Gasteiger partial charge in [-0.3, -0.25) is 0 Å². The van der Waals surface area contributed by atoms with Gasteiger partial charge in [-0.1, -0.05) is 19.1 Å². The van der Waals surface area contributed by atoms with Gasteiger partial charge in [-0.05, 0) is 24.1 Å². The molecule has 0 aliphatic heterocycles. The highest BCUT2D eigenvalue weighted by atomic mass is 32.2. The van der Waals surface area contributed by atoms with Crippen LogP contribution in [0.3, 0.4) is 0 Å². The summed E-state index contributed by atoms with van der Waals surface area (Å²) in [6.45, 7) is 2.14. The predicted molar refractivity (Wildman–Crippen MR) is 66.7 cm³/mol. The summed E-state index contributed by atoms with van der Waals surface area (Å²) in [5.41, 5.74) is 1.37. The molecule has 0 saturated heterocycles. The zero-order chi connectivity index (χ0) is 12.9. The van der Waals surface area contributed by atoms with Gasteiger partial charge in [0.2, 0.25) is 10.0 Å².